The van der Waals surface area contributed by atoms with Crippen molar-refractivity contribution in [2.45, 2.75) is 76.0 Å². The molecule has 4 atom stereocenters. The van der Waals surface area contributed by atoms with Crippen molar-refractivity contribution in [2.75, 3.05) is 18.1 Å². The smallest absolute Gasteiger partial charge is 0.240 e. The normalized spacial score (nSPS) is 29.2. The van der Waals surface area contributed by atoms with Gasteiger partial charge in [0.05, 0.1) is 17.3 Å². The third kappa shape index (κ3) is 6.28. The molecule has 0 aromatic heterocycles. The monoisotopic (exact) mass is 603 g/mol. The van der Waals surface area contributed by atoms with E-state index in [4.69, 9.17) is 0 Å². The van der Waals surface area contributed by atoms with E-state index in [9.17, 15) is 22.8 Å². The summed E-state index contributed by atoms with van der Waals surface area (Å²) in [5.41, 5.74) is 2.02. The van der Waals surface area contributed by atoms with Crippen LogP contribution in [0.2, 0.25) is 0 Å². The highest BCUT2D eigenvalue weighted by Gasteiger charge is 2.61. The first-order valence-electron chi connectivity index (χ1n) is 15.6. The molecule has 1 unspecified atom stereocenters. The number of fused-ring (bicyclic) bond motifs is 2. The number of carbonyl (C=O) groups excluding carboxylic acids is 3. The van der Waals surface area contributed by atoms with Crippen LogP contribution in [0.1, 0.15) is 64.7 Å². The Bertz CT molecular complexity index is 1500. The lowest BCUT2D eigenvalue weighted by molar-refractivity contribution is -0.141. The van der Waals surface area contributed by atoms with Crippen LogP contribution in [0.4, 0.5) is 5.69 Å². The first-order valence-corrected chi connectivity index (χ1v) is 17.2. The van der Waals surface area contributed by atoms with Crippen molar-refractivity contribution in [3.05, 3.63) is 66.7 Å². The van der Waals surface area contributed by atoms with Crippen molar-refractivity contribution >= 4 is 33.3 Å². The van der Waals surface area contributed by atoms with E-state index >= 15 is 0 Å². The maximum Gasteiger partial charge on any atom is 0.240 e. The molecule has 1 N–H and O–H groups in total. The summed E-state index contributed by atoms with van der Waals surface area (Å²) >= 11 is 0. The van der Waals surface area contributed by atoms with Gasteiger partial charge in [-0.05, 0) is 67.7 Å². The van der Waals surface area contributed by atoms with Gasteiger partial charge in [0.1, 0.15) is 6.04 Å². The van der Waals surface area contributed by atoms with E-state index in [2.05, 4.69) is 27.8 Å². The molecule has 0 bridgehead atoms. The van der Waals surface area contributed by atoms with Crippen LogP contribution in [0.25, 0.3) is 11.1 Å². The highest BCUT2D eigenvalue weighted by Crippen LogP contribution is 2.57. The van der Waals surface area contributed by atoms with E-state index in [1.807, 2.05) is 55.5 Å². The topological polar surface area (TPSA) is 104 Å². The molecule has 8 nitrogen and oxygen atoms in total. The predicted octanol–water partition coefficient (Wildman–Crippen LogP) is 5.06. The Hall–Kier alpha value is -3.46. The average molecular weight is 604 g/mol. The molecule has 43 heavy (non-hydrogen) atoms. The van der Waals surface area contributed by atoms with Gasteiger partial charge in [-0.3, -0.25) is 19.1 Å². The summed E-state index contributed by atoms with van der Waals surface area (Å²) in [6, 6.07) is 17.5. The number of hydrogen-bond acceptors (Lipinski definition) is 6. The van der Waals surface area contributed by atoms with Crippen molar-refractivity contribution in [3.8, 4) is 11.1 Å². The van der Waals surface area contributed by atoms with E-state index in [1.165, 1.54) is 0 Å². The summed E-state index contributed by atoms with van der Waals surface area (Å²) in [7, 11) is -3.74. The highest BCUT2D eigenvalue weighted by atomic mass is 32.2. The molecular weight excluding hydrogens is 562 g/mol. The average Bonchev–Trinajstić information content (AvgIpc) is 3.93. The number of Topliss-reactive ketones (excluding diaryl/α,β-unsaturated/α-hetero) is 1. The summed E-state index contributed by atoms with van der Waals surface area (Å²) in [4.78, 5) is 45.1. The maximum absolute atomic E-state index is 14.1. The van der Waals surface area contributed by atoms with Gasteiger partial charge < -0.3 is 9.80 Å². The number of allylic oxidation sites excluding steroid dienone is 2. The minimum Gasteiger partial charge on any atom is -0.351 e. The van der Waals surface area contributed by atoms with E-state index in [0.717, 1.165) is 48.9 Å². The van der Waals surface area contributed by atoms with Gasteiger partial charge in [-0.1, -0.05) is 74.4 Å². The van der Waals surface area contributed by atoms with E-state index in [0.29, 0.717) is 32.5 Å². The highest BCUT2D eigenvalue weighted by molar-refractivity contribution is 7.90. The van der Waals surface area contributed by atoms with Gasteiger partial charge in [0.2, 0.25) is 21.8 Å². The number of benzene rings is 2. The van der Waals surface area contributed by atoms with Gasteiger partial charge in [-0.25, -0.2) is 8.42 Å². The molecule has 0 radical (unpaired) electrons. The Morgan fingerprint density at radius 3 is 2.37 bits per heavy atom. The third-order valence-electron chi connectivity index (χ3n) is 9.66. The third-order valence-corrected chi connectivity index (χ3v) is 11.5. The van der Waals surface area contributed by atoms with E-state index in [1.54, 1.807) is 4.90 Å². The Balaban J connectivity index is 1.26. The summed E-state index contributed by atoms with van der Waals surface area (Å²) in [5.74, 6) is -1.22. The summed E-state index contributed by atoms with van der Waals surface area (Å²) in [6.45, 7) is 2.57. The zero-order valence-electron chi connectivity index (χ0n) is 24.8. The number of hydrogen-bond donors (Lipinski definition) is 1. The summed E-state index contributed by atoms with van der Waals surface area (Å²) < 4.78 is 27.7. The second-order valence-corrected chi connectivity index (χ2v) is 14.8. The molecule has 1 saturated heterocycles. The van der Waals surface area contributed by atoms with Crippen LogP contribution < -0.4 is 9.62 Å². The van der Waals surface area contributed by atoms with Crippen molar-refractivity contribution in [2.24, 2.45) is 17.3 Å². The summed E-state index contributed by atoms with van der Waals surface area (Å²) in [6.07, 6.45) is 10.1. The Morgan fingerprint density at radius 1 is 0.930 bits per heavy atom. The molecule has 2 aromatic carbocycles. The van der Waals surface area contributed by atoms with Crippen molar-refractivity contribution in [1.82, 2.24) is 9.62 Å². The maximum atomic E-state index is 14.1. The number of sulfonamides is 1. The molecule has 6 rings (SSSR count). The number of rotatable bonds is 5. The van der Waals surface area contributed by atoms with E-state index < -0.39 is 32.6 Å². The van der Waals surface area contributed by atoms with Crippen molar-refractivity contribution in [1.29, 1.82) is 0 Å². The van der Waals surface area contributed by atoms with Crippen LogP contribution in [0.15, 0.2) is 66.7 Å². The van der Waals surface area contributed by atoms with Crippen molar-refractivity contribution < 1.29 is 22.8 Å². The standard InChI is InChI=1S/C34H41N3O5S/c1-24-10-6-3-2-4-9-13-27-20-34(27,33(40)35-43(41,42)29-18-19-29)21-31(38)30-22-36(23-37(30)32(24)39)28-16-14-26(15-17-28)25-11-7-5-8-12-25/h5,7-9,11-17,24,27,29-30H,2-4,6,10,18-23H2,1H3,(H,35,40)/b13-9-/t24?,27-,30+,34-/m1/s1. The molecule has 2 aromatic rings. The molecule has 2 aliphatic heterocycles. The number of ketones is 1. The number of nitrogens with one attached hydrogen (secondary N) is 1. The fourth-order valence-electron chi connectivity index (χ4n) is 6.64. The van der Waals surface area contributed by atoms with Gasteiger partial charge in [0.15, 0.2) is 5.78 Å². The number of amides is 2. The molecule has 2 heterocycles. The van der Waals surface area contributed by atoms with Gasteiger partial charge in [-0.2, -0.15) is 0 Å². The van der Waals surface area contributed by atoms with Crippen LogP contribution in [-0.2, 0) is 24.4 Å². The first-order chi connectivity index (χ1) is 20.7. The van der Waals surface area contributed by atoms with Crippen LogP contribution in [0.3, 0.4) is 0 Å². The minimum absolute atomic E-state index is 0.0445. The molecule has 3 fully saturated rings. The molecular formula is C34H41N3O5S. The quantitative estimate of drug-likeness (QED) is 0.480. The lowest BCUT2D eigenvalue weighted by Crippen LogP contribution is -2.46. The largest absolute Gasteiger partial charge is 0.351 e. The Kier molecular flexibility index (Phi) is 8.20. The van der Waals surface area contributed by atoms with Gasteiger partial charge in [0.25, 0.3) is 0 Å². The Labute approximate surface area is 254 Å². The first kappa shape index (κ1) is 29.6. The lowest BCUT2D eigenvalue weighted by atomic mass is 9.91. The SMILES string of the molecule is CC1CCCCC/C=C\[C@@H]2C[C@@]2(C(=O)NS(=O)(=O)C2CC2)CC(=O)[C@@H]2CN(c3ccc(-c4ccccc4)cc3)CN2C1=O. The molecule has 2 saturated carbocycles. The number of carbonyl (C=O) groups is 3. The number of anilines is 1. The molecule has 228 valence electrons. The Morgan fingerprint density at radius 2 is 1.65 bits per heavy atom. The van der Waals surface area contributed by atoms with Crippen LogP contribution >= 0.6 is 0 Å². The number of nitrogens with zero attached hydrogens (tertiary/aromatic N) is 2. The fraction of sp³-hybridized carbons (Fsp3) is 0.500. The zero-order chi connectivity index (χ0) is 30.2. The van der Waals surface area contributed by atoms with Crippen molar-refractivity contribution in [3.63, 3.8) is 0 Å². The lowest BCUT2D eigenvalue weighted by Gasteiger charge is -2.27. The zero-order valence-corrected chi connectivity index (χ0v) is 25.6. The second-order valence-electron chi connectivity index (χ2n) is 12.9. The minimum atomic E-state index is -3.74. The van der Waals surface area contributed by atoms with Crippen LogP contribution in [0, 0.1) is 17.3 Å². The van der Waals surface area contributed by atoms with Gasteiger partial charge in [-0.15, -0.1) is 0 Å². The fourth-order valence-corrected chi connectivity index (χ4v) is 8.02. The molecule has 9 heteroatoms. The molecule has 2 amide bonds. The molecule has 4 aliphatic rings. The second kappa shape index (κ2) is 11.9. The van der Waals surface area contributed by atoms with Gasteiger partial charge in [0, 0.05) is 24.6 Å². The van der Waals surface area contributed by atoms with Crippen LogP contribution in [0.5, 0.6) is 0 Å². The summed E-state index contributed by atoms with van der Waals surface area (Å²) in [5, 5.41) is -0.523. The predicted molar refractivity (Wildman–Crippen MR) is 166 cm³/mol. The van der Waals surface area contributed by atoms with Gasteiger partial charge >= 0.3 is 0 Å². The van der Waals surface area contributed by atoms with E-state index in [-0.39, 0.29) is 29.9 Å². The van der Waals surface area contributed by atoms with Crippen LogP contribution in [-0.4, -0.2) is 55.4 Å². The molecule has 2 aliphatic carbocycles. The molecule has 0 spiro atoms.